The monoisotopic (exact) mass is 346 g/mol. The lowest BCUT2D eigenvalue weighted by molar-refractivity contribution is 0.0665. The summed E-state index contributed by atoms with van der Waals surface area (Å²) in [5.74, 6) is 2.31. The van der Waals surface area contributed by atoms with Crippen LogP contribution in [0.1, 0.15) is 12.0 Å². The summed E-state index contributed by atoms with van der Waals surface area (Å²) in [6.45, 7) is 0.331. The Morgan fingerprint density at radius 3 is 2.54 bits per heavy atom. The Labute approximate surface area is 148 Å². The van der Waals surface area contributed by atoms with E-state index >= 15 is 0 Å². The number of para-hydroxylation sites is 2. The molecule has 26 heavy (non-hydrogen) atoms. The highest BCUT2D eigenvalue weighted by atomic mass is 16.6. The Kier molecular flexibility index (Phi) is 3.41. The highest BCUT2D eigenvalue weighted by Gasteiger charge is 2.27. The average Bonchev–Trinajstić information content (AvgIpc) is 3.40. The van der Waals surface area contributed by atoms with E-state index in [1.165, 1.54) is 0 Å². The fourth-order valence-corrected chi connectivity index (χ4v) is 2.84. The molecule has 128 valence electrons. The van der Waals surface area contributed by atoms with Crippen LogP contribution in [0.5, 0.6) is 11.5 Å². The molecular weight excluding hydrogens is 332 g/mol. The molecular formula is C19H14N4O3. The van der Waals surface area contributed by atoms with Crippen molar-refractivity contribution >= 4 is 0 Å². The predicted octanol–water partition coefficient (Wildman–Crippen LogP) is 3.64. The third-order valence-corrected chi connectivity index (χ3v) is 4.20. The van der Waals surface area contributed by atoms with Gasteiger partial charge in [-0.15, -0.1) is 0 Å². The normalized spacial score (nSPS) is 15.8. The Bertz CT molecular complexity index is 1030. The van der Waals surface area contributed by atoms with Crippen LogP contribution in [0.2, 0.25) is 0 Å². The van der Waals surface area contributed by atoms with Crippen LogP contribution in [0.3, 0.4) is 0 Å². The van der Waals surface area contributed by atoms with Crippen LogP contribution in [0.4, 0.5) is 0 Å². The van der Waals surface area contributed by atoms with Gasteiger partial charge in [0.15, 0.2) is 11.5 Å². The maximum atomic E-state index is 5.90. The van der Waals surface area contributed by atoms with Crippen molar-refractivity contribution in [3.8, 4) is 34.0 Å². The van der Waals surface area contributed by atoms with Crippen molar-refractivity contribution in [1.29, 1.82) is 0 Å². The molecule has 5 rings (SSSR count). The zero-order valence-electron chi connectivity index (χ0n) is 13.6. The Hall–Kier alpha value is -3.61. The Morgan fingerprint density at radius 1 is 0.923 bits per heavy atom. The van der Waals surface area contributed by atoms with Crippen molar-refractivity contribution in [1.82, 2.24) is 20.3 Å². The predicted molar refractivity (Wildman–Crippen MR) is 92.6 cm³/mol. The number of nitrogens with one attached hydrogen (secondary N) is 1. The zero-order valence-corrected chi connectivity index (χ0v) is 13.6. The molecule has 0 bridgehead atoms. The van der Waals surface area contributed by atoms with Gasteiger partial charge in [0, 0.05) is 17.3 Å². The quantitative estimate of drug-likeness (QED) is 0.609. The summed E-state index contributed by atoms with van der Waals surface area (Å²) in [5, 5.41) is 10.8. The van der Waals surface area contributed by atoms with Crippen molar-refractivity contribution in [3.63, 3.8) is 0 Å². The van der Waals surface area contributed by atoms with Crippen LogP contribution in [0, 0.1) is 0 Å². The molecule has 1 aliphatic rings. The molecule has 1 unspecified atom stereocenters. The molecule has 4 aromatic rings. The van der Waals surface area contributed by atoms with Gasteiger partial charge in [-0.2, -0.15) is 10.1 Å². The van der Waals surface area contributed by atoms with E-state index < -0.39 is 6.10 Å². The molecule has 0 amide bonds. The van der Waals surface area contributed by atoms with Gasteiger partial charge in [-0.05, 0) is 17.7 Å². The van der Waals surface area contributed by atoms with Crippen molar-refractivity contribution in [2.24, 2.45) is 0 Å². The van der Waals surface area contributed by atoms with Crippen LogP contribution >= 0.6 is 0 Å². The van der Waals surface area contributed by atoms with E-state index in [4.69, 9.17) is 14.0 Å². The third kappa shape index (κ3) is 2.59. The number of rotatable bonds is 3. The molecule has 2 aromatic heterocycles. The topological polar surface area (TPSA) is 86.1 Å². The summed E-state index contributed by atoms with van der Waals surface area (Å²) in [6.07, 6.45) is 3.20. The summed E-state index contributed by atoms with van der Waals surface area (Å²) in [6, 6.07) is 15.4. The zero-order chi connectivity index (χ0) is 17.3. The average molecular weight is 346 g/mol. The smallest absolute Gasteiger partial charge is 0.271 e. The van der Waals surface area contributed by atoms with Crippen LogP contribution < -0.4 is 9.47 Å². The van der Waals surface area contributed by atoms with Crippen LogP contribution in [-0.2, 0) is 0 Å². The molecule has 0 saturated carbocycles. The highest BCUT2D eigenvalue weighted by Crippen LogP contribution is 2.35. The van der Waals surface area contributed by atoms with Crippen molar-refractivity contribution in [2.45, 2.75) is 6.10 Å². The third-order valence-electron chi connectivity index (χ3n) is 4.20. The fourth-order valence-electron chi connectivity index (χ4n) is 2.84. The summed E-state index contributed by atoms with van der Waals surface area (Å²) in [7, 11) is 0. The van der Waals surface area contributed by atoms with Crippen LogP contribution in [0.15, 0.2) is 65.4 Å². The molecule has 7 nitrogen and oxygen atoms in total. The van der Waals surface area contributed by atoms with Crippen molar-refractivity contribution in [3.05, 3.63) is 66.8 Å². The largest absolute Gasteiger partial charge is 0.485 e. The van der Waals surface area contributed by atoms with Gasteiger partial charge in [0.2, 0.25) is 11.9 Å². The molecule has 7 heteroatoms. The highest BCUT2D eigenvalue weighted by molar-refractivity contribution is 5.66. The standard InChI is InChI=1S/C19H14N4O3/c1-2-4-16-15(3-1)24-11-17(25-16)19-22-18(23-26-19)13-7-5-12(6-8-13)14-9-20-21-10-14/h1-10,17H,11H2,(H,20,21). The van der Waals surface area contributed by atoms with Gasteiger partial charge < -0.3 is 14.0 Å². The summed E-state index contributed by atoms with van der Waals surface area (Å²) in [4.78, 5) is 4.47. The van der Waals surface area contributed by atoms with Gasteiger partial charge in [-0.3, -0.25) is 5.10 Å². The second-order valence-corrected chi connectivity index (χ2v) is 5.88. The molecule has 2 aromatic carbocycles. The van der Waals surface area contributed by atoms with Gasteiger partial charge in [0.1, 0.15) is 6.61 Å². The number of H-pyrrole nitrogens is 1. The number of ether oxygens (including phenoxy) is 2. The minimum atomic E-state index is -0.420. The maximum absolute atomic E-state index is 5.90. The lowest BCUT2D eigenvalue weighted by atomic mass is 10.1. The van der Waals surface area contributed by atoms with Crippen molar-refractivity contribution < 1.29 is 14.0 Å². The van der Waals surface area contributed by atoms with Gasteiger partial charge in [-0.25, -0.2) is 0 Å². The molecule has 0 radical (unpaired) electrons. The first-order valence-corrected chi connectivity index (χ1v) is 8.18. The minimum absolute atomic E-state index is 0.331. The second-order valence-electron chi connectivity index (χ2n) is 5.88. The van der Waals surface area contributed by atoms with E-state index in [2.05, 4.69) is 20.3 Å². The summed E-state index contributed by atoms with van der Waals surface area (Å²) >= 11 is 0. The molecule has 1 aliphatic heterocycles. The first-order chi connectivity index (χ1) is 12.9. The van der Waals surface area contributed by atoms with Crippen molar-refractivity contribution in [2.75, 3.05) is 6.61 Å². The van der Waals surface area contributed by atoms with Crippen LogP contribution in [-0.4, -0.2) is 26.9 Å². The molecule has 0 fully saturated rings. The second kappa shape index (κ2) is 6.03. The fraction of sp³-hybridized carbons (Fsp3) is 0.105. The number of hydrogen-bond acceptors (Lipinski definition) is 6. The minimum Gasteiger partial charge on any atom is -0.485 e. The molecule has 1 N–H and O–H groups in total. The van der Waals surface area contributed by atoms with E-state index in [0.29, 0.717) is 24.1 Å². The lowest BCUT2D eigenvalue weighted by Crippen LogP contribution is -2.21. The van der Waals surface area contributed by atoms with Gasteiger partial charge >= 0.3 is 0 Å². The van der Waals surface area contributed by atoms with E-state index in [0.717, 1.165) is 22.4 Å². The van der Waals surface area contributed by atoms with E-state index in [1.54, 1.807) is 6.20 Å². The molecule has 3 heterocycles. The number of fused-ring (bicyclic) bond motifs is 1. The Balaban J connectivity index is 1.37. The first kappa shape index (κ1) is 14.7. The van der Waals surface area contributed by atoms with E-state index in [9.17, 15) is 0 Å². The SMILES string of the molecule is c1ccc2c(c1)OCC(c1nc(-c3ccc(-c4cn[nH]c4)cc3)no1)O2. The molecule has 1 atom stereocenters. The molecule has 0 aliphatic carbocycles. The first-order valence-electron chi connectivity index (χ1n) is 8.18. The Morgan fingerprint density at radius 2 is 1.73 bits per heavy atom. The number of hydrogen-bond donors (Lipinski definition) is 1. The summed E-state index contributed by atoms with van der Waals surface area (Å²) in [5.41, 5.74) is 2.95. The van der Waals surface area contributed by atoms with Crippen LogP contribution in [0.25, 0.3) is 22.5 Å². The van der Waals surface area contributed by atoms with E-state index in [-0.39, 0.29) is 0 Å². The van der Waals surface area contributed by atoms with Gasteiger partial charge in [0.05, 0.1) is 6.20 Å². The molecule has 0 saturated heterocycles. The number of aromatic amines is 1. The molecule has 0 spiro atoms. The maximum Gasteiger partial charge on any atom is 0.271 e. The van der Waals surface area contributed by atoms with E-state index in [1.807, 2.05) is 54.7 Å². The number of aromatic nitrogens is 4. The van der Waals surface area contributed by atoms with Gasteiger partial charge in [-0.1, -0.05) is 41.6 Å². The van der Waals surface area contributed by atoms with Gasteiger partial charge in [0.25, 0.3) is 5.89 Å². The number of benzene rings is 2. The number of nitrogens with zero attached hydrogens (tertiary/aromatic N) is 3. The lowest BCUT2D eigenvalue weighted by Gasteiger charge is -2.23. The summed E-state index contributed by atoms with van der Waals surface area (Å²) < 4.78 is 17.0.